The molecule has 0 bridgehead atoms. The maximum Gasteiger partial charge on any atom is 0.253 e. The third-order valence-electron chi connectivity index (χ3n) is 5.23. The van der Waals surface area contributed by atoms with E-state index in [1.54, 1.807) is 11.3 Å². The summed E-state index contributed by atoms with van der Waals surface area (Å²) in [7, 11) is 0. The molecule has 2 aliphatic heterocycles. The predicted molar refractivity (Wildman–Crippen MR) is 106 cm³/mol. The Hall–Kier alpha value is -2.18. The predicted octanol–water partition coefficient (Wildman–Crippen LogP) is 3.38. The van der Waals surface area contributed by atoms with Gasteiger partial charge in [-0.3, -0.25) is 9.59 Å². The van der Waals surface area contributed by atoms with E-state index in [9.17, 15) is 9.59 Å². The first-order valence-electron chi connectivity index (χ1n) is 9.53. The summed E-state index contributed by atoms with van der Waals surface area (Å²) in [5.74, 6) is 0.120. The molecule has 0 saturated carbocycles. The van der Waals surface area contributed by atoms with Crippen LogP contribution < -0.4 is 5.32 Å². The molecule has 1 saturated heterocycles. The summed E-state index contributed by atoms with van der Waals surface area (Å²) in [5.41, 5.74) is 3.16. The highest BCUT2D eigenvalue weighted by molar-refractivity contribution is 7.09. The Morgan fingerprint density at radius 1 is 1.26 bits per heavy atom. The SMILES string of the molecule is O=C(Nc1ccc2c(c1)CN(C(=O)CCc1cccs1)CC2)[C@H]1CCCO1. The van der Waals surface area contributed by atoms with Crippen molar-refractivity contribution in [1.29, 1.82) is 0 Å². The second kappa shape index (κ2) is 8.23. The lowest BCUT2D eigenvalue weighted by molar-refractivity contribution is -0.132. The topological polar surface area (TPSA) is 58.6 Å². The number of carbonyl (C=O) groups is 2. The molecule has 0 spiro atoms. The molecule has 142 valence electrons. The van der Waals surface area contributed by atoms with E-state index in [4.69, 9.17) is 4.74 Å². The van der Waals surface area contributed by atoms with Gasteiger partial charge in [0, 0.05) is 36.7 Å². The fourth-order valence-corrected chi connectivity index (χ4v) is 4.41. The molecule has 3 heterocycles. The lowest BCUT2D eigenvalue weighted by Gasteiger charge is -2.29. The van der Waals surface area contributed by atoms with E-state index in [1.165, 1.54) is 10.4 Å². The van der Waals surface area contributed by atoms with Gasteiger partial charge in [0.1, 0.15) is 6.10 Å². The van der Waals surface area contributed by atoms with E-state index in [-0.39, 0.29) is 17.9 Å². The van der Waals surface area contributed by atoms with Crippen LogP contribution in [0.5, 0.6) is 0 Å². The van der Waals surface area contributed by atoms with E-state index in [2.05, 4.69) is 17.4 Å². The van der Waals surface area contributed by atoms with Crippen molar-refractivity contribution in [2.75, 3.05) is 18.5 Å². The first-order chi connectivity index (χ1) is 13.2. The average molecular weight is 385 g/mol. The van der Waals surface area contributed by atoms with Crippen molar-refractivity contribution in [3.05, 3.63) is 51.7 Å². The van der Waals surface area contributed by atoms with Crippen molar-refractivity contribution in [3.8, 4) is 0 Å². The van der Waals surface area contributed by atoms with Gasteiger partial charge in [0.25, 0.3) is 5.91 Å². The summed E-state index contributed by atoms with van der Waals surface area (Å²) in [6, 6.07) is 10.1. The lowest BCUT2D eigenvalue weighted by atomic mass is 9.98. The Kier molecular flexibility index (Phi) is 5.55. The van der Waals surface area contributed by atoms with Crippen molar-refractivity contribution in [3.63, 3.8) is 0 Å². The van der Waals surface area contributed by atoms with Crippen LogP contribution in [0.2, 0.25) is 0 Å². The van der Waals surface area contributed by atoms with Crippen molar-refractivity contribution >= 4 is 28.8 Å². The van der Waals surface area contributed by atoms with Crippen LogP contribution in [0.3, 0.4) is 0 Å². The van der Waals surface area contributed by atoms with E-state index >= 15 is 0 Å². The number of aryl methyl sites for hydroxylation is 1. The van der Waals surface area contributed by atoms with Crippen LogP contribution >= 0.6 is 11.3 Å². The van der Waals surface area contributed by atoms with Gasteiger partial charge in [0.15, 0.2) is 0 Å². The van der Waals surface area contributed by atoms with Gasteiger partial charge in [-0.05, 0) is 60.4 Å². The van der Waals surface area contributed by atoms with E-state index in [0.717, 1.165) is 43.5 Å². The number of anilines is 1. The zero-order chi connectivity index (χ0) is 18.6. The molecule has 1 N–H and O–H groups in total. The molecule has 1 atom stereocenters. The van der Waals surface area contributed by atoms with Crippen molar-refractivity contribution in [2.24, 2.45) is 0 Å². The normalized spacial score (nSPS) is 19.0. The maximum absolute atomic E-state index is 12.6. The Balaban J connectivity index is 1.37. The van der Waals surface area contributed by atoms with E-state index in [1.807, 2.05) is 28.5 Å². The molecule has 4 rings (SSSR count). The van der Waals surface area contributed by atoms with Crippen LogP contribution in [0, 0.1) is 0 Å². The molecule has 1 fully saturated rings. The minimum atomic E-state index is -0.337. The number of benzene rings is 1. The second-order valence-electron chi connectivity index (χ2n) is 7.12. The summed E-state index contributed by atoms with van der Waals surface area (Å²) in [6.07, 6.45) is 3.59. The minimum absolute atomic E-state index is 0.0767. The molecular formula is C21H24N2O3S. The number of hydrogen-bond donors (Lipinski definition) is 1. The molecule has 0 aliphatic carbocycles. The summed E-state index contributed by atoms with van der Waals surface area (Å²) < 4.78 is 5.44. The number of rotatable bonds is 5. The Labute approximate surface area is 163 Å². The molecule has 2 aliphatic rings. The summed E-state index contributed by atoms with van der Waals surface area (Å²) in [5, 5.41) is 5.00. The van der Waals surface area contributed by atoms with Crippen molar-refractivity contribution in [2.45, 2.75) is 44.8 Å². The first kappa shape index (κ1) is 18.2. The zero-order valence-corrected chi connectivity index (χ0v) is 16.1. The third-order valence-corrected chi connectivity index (χ3v) is 6.16. The fraction of sp³-hybridized carbons (Fsp3) is 0.429. The molecule has 0 unspecified atom stereocenters. The fourth-order valence-electron chi connectivity index (χ4n) is 3.70. The number of fused-ring (bicyclic) bond motifs is 1. The Morgan fingerprint density at radius 3 is 2.96 bits per heavy atom. The van der Waals surface area contributed by atoms with Crippen LogP contribution in [-0.2, 0) is 33.7 Å². The summed E-state index contributed by atoms with van der Waals surface area (Å²) in [6.45, 7) is 2.03. The molecule has 2 aromatic rings. The molecule has 6 heteroatoms. The van der Waals surface area contributed by atoms with Crippen LogP contribution in [0.25, 0.3) is 0 Å². The lowest BCUT2D eigenvalue weighted by Crippen LogP contribution is -2.36. The smallest absolute Gasteiger partial charge is 0.253 e. The number of hydrogen-bond acceptors (Lipinski definition) is 4. The number of carbonyl (C=O) groups excluding carboxylic acids is 2. The van der Waals surface area contributed by atoms with Gasteiger partial charge < -0.3 is 15.0 Å². The van der Waals surface area contributed by atoms with Gasteiger partial charge in [-0.2, -0.15) is 0 Å². The monoisotopic (exact) mass is 384 g/mol. The van der Waals surface area contributed by atoms with Crippen molar-refractivity contribution in [1.82, 2.24) is 4.90 Å². The number of amides is 2. The molecule has 5 nitrogen and oxygen atoms in total. The van der Waals surface area contributed by atoms with E-state index in [0.29, 0.717) is 19.6 Å². The summed E-state index contributed by atoms with van der Waals surface area (Å²) in [4.78, 5) is 28.0. The Bertz CT molecular complexity index is 813. The van der Waals surface area contributed by atoms with Gasteiger partial charge in [-0.25, -0.2) is 0 Å². The van der Waals surface area contributed by atoms with Gasteiger partial charge >= 0.3 is 0 Å². The molecular weight excluding hydrogens is 360 g/mol. The average Bonchev–Trinajstić information content (AvgIpc) is 3.39. The highest BCUT2D eigenvalue weighted by Crippen LogP contribution is 2.24. The molecule has 27 heavy (non-hydrogen) atoms. The van der Waals surface area contributed by atoms with E-state index < -0.39 is 0 Å². The third kappa shape index (κ3) is 4.39. The van der Waals surface area contributed by atoms with Gasteiger partial charge in [0.2, 0.25) is 5.91 Å². The van der Waals surface area contributed by atoms with Gasteiger partial charge in [0.05, 0.1) is 0 Å². The summed E-state index contributed by atoms with van der Waals surface area (Å²) >= 11 is 1.70. The zero-order valence-electron chi connectivity index (χ0n) is 15.3. The van der Waals surface area contributed by atoms with Gasteiger partial charge in [-0.15, -0.1) is 11.3 Å². The van der Waals surface area contributed by atoms with Crippen LogP contribution in [0.4, 0.5) is 5.69 Å². The highest BCUT2D eigenvalue weighted by atomic mass is 32.1. The molecule has 1 aromatic carbocycles. The van der Waals surface area contributed by atoms with Crippen LogP contribution in [0.1, 0.15) is 35.3 Å². The maximum atomic E-state index is 12.6. The highest BCUT2D eigenvalue weighted by Gasteiger charge is 2.25. The Morgan fingerprint density at radius 2 is 2.19 bits per heavy atom. The number of nitrogens with one attached hydrogen (secondary N) is 1. The number of nitrogens with zero attached hydrogens (tertiary/aromatic N) is 1. The standard InChI is InChI=1S/C21H24N2O3S/c24-20(8-7-18-3-2-12-27-18)23-10-9-15-5-6-17(13-16(15)14-23)22-21(25)19-4-1-11-26-19/h2-3,5-6,12-13,19H,1,4,7-11,14H2,(H,22,25)/t19-/m1/s1. The largest absolute Gasteiger partial charge is 0.368 e. The van der Waals surface area contributed by atoms with Crippen LogP contribution in [-0.4, -0.2) is 36.0 Å². The molecule has 1 aromatic heterocycles. The van der Waals surface area contributed by atoms with Crippen LogP contribution in [0.15, 0.2) is 35.7 Å². The van der Waals surface area contributed by atoms with Crippen molar-refractivity contribution < 1.29 is 14.3 Å². The first-order valence-corrected chi connectivity index (χ1v) is 10.4. The van der Waals surface area contributed by atoms with Gasteiger partial charge in [-0.1, -0.05) is 12.1 Å². The quantitative estimate of drug-likeness (QED) is 0.860. The minimum Gasteiger partial charge on any atom is -0.368 e. The number of ether oxygens (including phenoxy) is 1. The second-order valence-corrected chi connectivity index (χ2v) is 8.15. The molecule has 0 radical (unpaired) electrons. The molecule has 2 amide bonds. The number of thiophene rings is 1.